The molecule has 14 rings (SSSR count). The maximum atomic E-state index is 12.6. The van der Waals surface area contributed by atoms with E-state index in [4.69, 9.17) is 24.3 Å². The molecule has 0 saturated heterocycles. The summed E-state index contributed by atoms with van der Waals surface area (Å²) < 4.78 is 19.6. The summed E-state index contributed by atoms with van der Waals surface area (Å²) in [6.07, 6.45) is 0. The van der Waals surface area contributed by atoms with E-state index in [0.29, 0.717) is 57.0 Å². The van der Waals surface area contributed by atoms with Gasteiger partial charge in [-0.1, -0.05) is 232 Å². The lowest BCUT2D eigenvalue weighted by atomic mass is 9.50. The van der Waals surface area contributed by atoms with Crippen LogP contribution in [0.25, 0.3) is 91.4 Å². The lowest BCUT2D eigenvalue weighted by molar-refractivity contribution is 0.271. The Morgan fingerprint density at radius 2 is 0.852 bits per heavy atom. The topological polar surface area (TPSA) is 82.2 Å². The van der Waals surface area contributed by atoms with Crippen molar-refractivity contribution in [2.24, 2.45) is 11.8 Å². The Hall–Kier alpha value is -10.2. The largest absolute Gasteiger partial charge is 0.493 e. The van der Waals surface area contributed by atoms with Gasteiger partial charge in [-0.15, -0.1) is 22.7 Å². The van der Waals surface area contributed by atoms with Gasteiger partial charge in [0, 0.05) is 38.3 Å². The number of nitrogens with zero attached hydrogens (tertiary/aromatic N) is 6. The molecule has 0 aliphatic heterocycles. The molecule has 0 aliphatic carbocycles. The molecule has 88 heavy (non-hydrogen) atoms. The highest BCUT2D eigenvalue weighted by Gasteiger charge is 2.38. The van der Waals surface area contributed by atoms with Gasteiger partial charge in [0.05, 0.1) is 45.6 Å². The molecule has 0 bridgehead atoms. The van der Waals surface area contributed by atoms with E-state index in [-0.39, 0.29) is 0 Å². The average molecular weight is 1170 g/mol. The first-order valence-corrected chi connectivity index (χ1v) is 31.5. The van der Waals surface area contributed by atoms with Crippen molar-refractivity contribution < 1.29 is 9.47 Å². The second-order valence-electron chi connectivity index (χ2n) is 23.0. The third-order valence-corrected chi connectivity index (χ3v) is 18.3. The molecule has 4 aromatic heterocycles. The first-order valence-electron chi connectivity index (χ1n) is 29.8. The summed E-state index contributed by atoms with van der Waals surface area (Å²) >= 11 is 3.05. The minimum Gasteiger partial charge on any atom is -0.493 e. The lowest BCUT2D eigenvalue weighted by Crippen LogP contribution is -2.54. The van der Waals surface area contributed by atoms with Crippen molar-refractivity contribution >= 4 is 122 Å². The maximum absolute atomic E-state index is 12.6. The van der Waals surface area contributed by atoms with E-state index in [2.05, 4.69) is 237 Å². The highest BCUT2D eigenvalue weighted by molar-refractivity contribution is 7.20. The van der Waals surface area contributed by atoms with E-state index in [1.807, 2.05) is 48.5 Å². The average Bonchev–Trinajstić information content (AvgIpc) is 1.53. The van der Waals surface area contributed by atoms with Crippen LogP contribution >= 0.6 is 22.7 Å². The fourth-order valence-electron chi connectivity index (χ4n) is 12.4. The van der Waals surface area contributed by atoms with Gasteiger partial charge in [-0.2, -0.15) is 5.26 Å². The van der Waals surface area contributed by atoms with Gasteiger partial charge in [0.15, 0.2) is 0 Å². The van der Waals surface area contributed by atoms with Crippen molar-refractivity contribution in [3.05, 3.63) is 275 Å². The van der Waals surface area contributed by atoms with Gasteiger partial charge in [0.25, 0.3) is 0 Å². The zero-order valence-corrected chi connectivity index (χ0v) is 50.8. The molecule has 12 heteroatoms. The second-order valence-corrected chi connectivity index (χ2v) is 25.1. The Kier molecular flexibility index (Phi) is 15.1. The summed E-state index contributed by atoms with van der Waals surface area (Å²) in [7, 11) is 0. The summed E-state index contributed by atoms with van der Waals surface area (Å²) in [6, 6.07) is 87.1. The minimum atomic E-state index is -0.541. The SMILES string of the molecule is [C-]#[N+]/C(c1nc2c(ccc3ccccc32)s1)=c1\c2c(-c3ccc(OCC(C)C)cc3)n(B(c3ccccc3)c3ccccc3)/c(=C(/C#N)c3nc4c(ccc5ccccc54)s3)c2c(-c2ccc(OCC(C)C)cc2)n1B(c1ccccc1)c1ccccc1. The molecule has 0 fully saturated rings. The van der Waals surface area contributed by atoms with E-state index in [1.165, 1.54) is 22.7 Å². The van der Waals surface area contributed by atoms with Crippen molar-refractivity contribution in [1.82, 2.24) is 18.9 Å². The summed E-state index contributed by atoms with van der Waals surface area (Å²) in [5.41, 5.74) is 9.75. The maximum Gasteiger partial charge on any atom is 0.328 e. The summed E-state index contributed by atoms with van der Waals surface area (Å²) in [5.74, 6) is 2.09. The fourth-order valence-corrected chi connectivity index (χ4v) is 14.3. The van der Waals surface area contributed by atoms with Crippen molar-refractivity contribution in [2.75, 3.05) is 13.2 Å². The van der Waals surface area contributed by atoms with Crippen LogP contribution in [0.4, 0.5) is 0 Å². The smallest absolute Gasteiger partial charge is 0.328 e. The molecule has 0 saturated carbocycles. The van der Waals surface area contributed by atoms with Crippen LogP contribution in [-0.2, 0) is 0 Å². The van der Waals surface area contributed by atoms with Crippen LogP contribution in [0, 0.1) is 29.7 Å². The van der Waals surface area contributed by atoms with E-state index < -0.39 is 13.7 Å². The fraction of sp³-hybridized carbons (Fsp3) is 0.105. The van der Waals surface area contributed by atoms with Crippen molar-refractivity contribution in [3.63, 3.8) is 0 Å². The molecule has 10 aromatic carbocycles. The van der Waals surface area contributed by atoms with Crippen LogP contribution in [0.3, 0.4) is 0 Å². The predicted octanol–water partition coefficient (Wildman–Crippen LogP) is 14.5. The summed E-state index contributed by atoms with van der Waals surface area (Å²) in [6.45, 7) is 18.4. The Balaban J connectivity index is 1.29. The number of rotatable bonds is 16. The molecule has 0 amide bonds. The van der Waals surface area contributed by atoms with Gasteiger partial charge in [0.1, 0.15) is 33.2 Å². The van der Waals surface area contributed by atoms with Crippen molar-refractivity contribution in [1.29, 1.82) is 5.26 Å². The second kappa shape index (κ2) is 23.9. The number of ether oxygens (including phenoxy) is 2. The van der Waals surface area contributed by atoms with E-state index in [9.17, 15) is 11.8 Å². The molecule has 0 aliphatic rings. The quantitative estimate of drug-likeness (QED) is 0.0711. The minimum absolute atomic E-state index is 0.305. The molecule has 0 atom stereocenters. The third kappa shape index (κ3) is 10.2. The molecule has 422 valence electrons. The summed E-state index contributed by atoms with van der Waals surface area (Å²) in [4.78, 5) is 15.9. The number of nitriles is 1. The monoisotopic (exact) mass is 1170 g/mol. The molecule has 0 radical (unpaired) electrons. The van der Waals surface area contributed by atoms with Crippen molar-refractivity contribution in [2.45, 2.75) is 27.7 Å². The molecule has 0 unspecified atom stereocenters. The van der Waals surface area contributed by atoms with Gasteiger partial charge in [-0.3, -0.25) is 0 Å². The molecular weight excluding hydrogens is 1110 g/mol. The van der Waals surface area contributed by atoms with Crippen molar-refractivity contribution in [3.8, 4) is 40.1 Å². The van der Waals surface area contributed by atoms with Crippen LogP contribution in [0.15, 0.2) is 243 Å². The van der Waals surface area contributed by atoms with Gasteiger partial charge in [0.2, 0.25) is 5.70 Å². The first kappa shape index (κ1) is 55.6. The van der Waals surface area contributed by atoms with Gasteiger partial charge in [-0.25, -0.2) is 14.8 Å². The Morgan fingerprint density at radius 1 is 0.477 bits per heavy atom. The first-order chi connectivity index (χ1) is 43.2. The van der Waals surface area contributed by atoms with Gasteiger partial charge < -0.3 is 18.4 Å². The number of benzene rings is 10. The number of hydrogen-bond donors (Lipinski definition) is 0. The van der Waals surface area contributed by atoms with Crippen LogP contribution in [0.2, 0.25) is 0 Å². The number of aromatic nitrogens is 4. The molecular formula is C76H58B2N6O2S2. The molecule has 8 nitrogen and oxygen atoms in total. The third-order valence-electron chi connectivity index (χ3n) is 16.2. The van der Waals surface area contributed by atoms with E-state index >= 15 is 0 Å². The number of thiazole rings is 2. The van der Waals surface area contributed by atoms with Crippen LogP contribution in [0.1, 0.15) is 37.7 Å². The number of fused-ring (bicyclic) bond motifs is 7. The number of hydrogen-bond acceptors (Lipinski definition) is 7. The van der Waals surface area contributed by atoms with Crippen LogP contribution in [-0.4, -0.2) is 45.8 Å². The summed E-state index contributed by atoms with van der Waals surface area (Å²) in [5, 5.41) is 20.8. The molecule has 0 N–H and O–H groups in total. The Bertz CT molecular complexity index is 4720. The molecule has 0 spiro atoms. The standard InChI is InChI=1S/C76H58B2N6O2S2/c1-49(2)47-85-59-40-34-53(35-41-59)71-66-67(74(84(71)78(57-28-14-8-15-29-57)58-30-16-9-17-31-58)70(80-5)76-82-69-62-33-21-19-23-52(62)39-45-65(69)88-76)72(54-36-42-60(43-37-54)86-48-50(3)4)83(77(55-24-10-6-11-25-55)56-26-12-7-13-27-56)73(66)63(46-79)75-81-68-61-32-20-18-22-51(61)38-44-64(68)87-75/h6-45,49-50H,47-48H2,1-4H3/b73-63-,74-70+. The Labute approximate surface area is 520 Å². The highest BCUT2D eigenvalue weighted by atomic mass is 32.1. The molecule has 14 aromatic rings. The van der Waals surface area contributed by atoms with E-state index in [0.717, 1.165) is 109 Å². The zero-order valence-electron chi connectivity index (χ0n) is 49.1. The predicted molar refractivity (Wildman–Crippen MR) is 369 cm³/mol. The lowest BCUT2D eigenvalue weighted by Gasteiger charge is -2.24. The van der Waals surface area contributed by atoms with Crippen LogP contribution < -0.4 is 42.0 Å². The van der Waals surface area contributed by atoms with E-state index in [1.54, 1.807) is 0 Å². The normalized spacial score (nSPS) is 12.3. The zero-order chi connectivity index (χ0) is 59.8. The highest BCUT2D eigenvalue weighted by Crippen LogP contribution is 2.40. The molecule has 4 heterocycles. The van der Waals surface area contributed by atoms with Gasteiger partial charge >= 0.3 is 13.7 Å². The van der Waals surface area contributed by atoms with Crippen LogP contribution in [0.5, 0.6) is 11.5 Å². The van der Waals surface area contributed by atoms with Gasteiger partial charge in [-0.05, 0) is 94.4 Å². The Morgan fingerprint density at radius 3 is 1.26 bits per heavy atom.